The fourth-order valence-electron chi connectivity index (χ4n) is 3.05. The highest BCUT2D eigenvalue weighted by molar-refractivity contribution is 5.84. The van der Waals surface area contributed by atoms with Crippen LogP contribution in [-0.4, -0.2) is 28.6 Å². The summed E-state index contributed by atoms with van der Waals surface area (Å²) in [5.74, 6) is 0.868. The minimum Gasteiger partial charge on any atom is -0.478 e. The number of hydrogen-bond acceptors (Lipinski definition) is 3. The third kappa shape index (κ3) is 2.10. The van der Waals surface area contributed by atoms with Crippen molar-refractivity contribution < 1.29 is 9.90 Å². The Morgan fingerprint density at radius 2 is 2.33 bits per heavy atom. The lowest BCUT2D eigenvalue weighted by Crippen LogP contribution is -2.32. The average molecular weight is 244 g/mol. The Balaban J connectivity index is 1.81. The highest BCUT2D eigenvalue weighted by Crippen LogP contribution is 2.39. The number of nitrogens with zero attached hydrogens (tertiary/aromatic N) is 2. The van der Waals surface area contributed by atoms with Gasteiger partial charge in [0.25, 0.3) is 0 Å². The van der Waals surface area contributed by atoms with Crippen molar-refractivity contribution in [3.63, 3.8) is 0 Å². The lowest BCUT2D eigenvalue weighted by atomic mass is 10.1. The second-order valence-corrected chi connectivity index (χ2v) is 5.08. The number of aliphatic carboxylic acids is 1. The van der Waals surface area contributed by atoms with Crippen LogP contribution in [0.1, 0.15) is 25.0 Å². The molecule has 1 aromatic rings. The number of hydrogen-bond donors (Lipinski definition) is 1. The summed E-state index contributed by atoms with van der Waals surface area (Å²) in [7, 11) is 0. The summed E-state index contributed by atoms with van der Waals surface area (Å²) < 4.78 is 0. The van der Waals surface area contributed by atoms with E-state index in [0.29, 0.717) is 11.7 Å². The van der Waals surface area contributed by atoms with Crippen molar-refractivity contribution in [2.45, 2.75) is 25.3 Å². The lowest BCUT2D eigenvalue weighted by Gasteiger charge is -2.28. The van der Waals surface area contributed by atoms with Gasteiger partial charge in [-0.25, -0.2) is 9.78 Å². The quantitative estimate of drug-likeness (QED) is 0.828. The molecule has 1 aromatic heterocycles. The first-order chi connectivity index (χ1) is 8.72. The lowest BCUT2D eigenvalue weighted by molar-refractivity contribution is -0.131. The minimum absolute atomic E-state index is 0.640. The zero-order valence-corrected chi connectivity index (χ0v) is 10.1. The largest absolute Gasteiger partial charge is 0.478 e. The van der Waals surface area contributed by atoms with Gasteiger partial charge in [-0.15, -0.1) is 0 Å². The summed E-state index contributed by atoms with van der Waals surface area (Å²) in [6.45, 7) is 1.10. The number of fused-ring (bicyclic) bond motifs is 2. The molecule has 0 unspecified atom stereocenters. The number of rotatable bonds is 3. The number of carboxylic acids is 1. The Bertz CT molecular complexity index is 498. The zero-order chi connectivity index (χ0) is 12.5. The molecule has 0 amide bonds. The van der Waals surface area contributed by atoms with Gasteiger partial charge < -0.3 is 10.0 Å². The summed E-state index contributed by atoms with van der Waals surface area (Å²) in [5.41, 5.74) is 0.706. The SMILES string of the molecule is O=C(O)C=Cc1cccc(N2C[C@@H]3CC[C@H]2C3)n1. The molecular weight excluding hydrogens is 228 g/mol. The molecule has 94 valence electrons. The first kappa shape index (κ1) is 11.3. The van der Waals surface area contributed by atoms with Crippen molar-refractivity contribution in [1.82, 2.24) is 4.98 Å². The maximum Gasteiger partial charge on any atom is 0.328 e. The smallest absolute Gasteiger partial charge is 0.328 e. The topological polar surface area (TPSA) is 53.4 Å². The summed E-state index contributed by atoms with van der Waals surface area (Å²) in [5, 5.41) is 8.62. The normalized spacial score (nSPS) is 26.1. The first-order valence-corrected chi connectivity index (χ1v) is 6.37. The van der Waals surface area contributed by atoms with Gasteiger partial charge in [-0.2, -0.15) is 0 Å². The molecule has 1 aliphatic carbocycles. The van der Waals surface area contributed by atoms with Gasteiger partial charge in [0.1, 0.15) is 5.82 Å². The maximum atomic E-state index is 10.5. The van der Waals surface area contributed by atoms with Gasteiger partial charge in [0.15, 0.2) is 0 Å². The average Bonchev–Trinajstić information content (AvgIpc) is 2.99. The van der Waals surface area contributed by atoms with E-state index in [9.17, 15) is 4.79 Å². The molecule has 1 aliphatic heterocycles. The molecule has 1 saturated heterocycles. The van der Waals surface area contributed by atoms with Crippen molar-refractivity contribution in [3.8, 4) is 0 Å². The standard InChI is InChI=1S/C14H16N2O2/c17-14(18)7-5-11-2-1-3-13(15-11)16-9-10-4-6-12(16)8-10/h1-3,5,7,10,12H,4,6,8-9H2,(H,17,18)/t10-,12+/m1/s1. The van der Waals surface area contributed by atoms with Crippen LogP contribution in [0.15, 0.2) is 24.3 Å². The van der Waals surface area contributed by atoms with Gasteiger partial charge in [0, 0.05) is 18.7 Å². The summed E-state index contributed by atoms with van der Waals surface area (Å²) in [4.78, 5) is 17.4. The van der Waals surface area contributed by atoms with E-state index in [2.05, 4.69) is 9.88 Å². The number of carbonyl (C=O) groups is 1. The van der Waals surface area contributed by atoms with Crippen LogP contribution in [0.25, 0.3) is 6.08 Å². The minimum atomic E-state index is -0.942. The molecule has 0 radical (unpaired) electrons. The van der Waals surface area contributed by atoms with Crippen LogP contribution in [0.4, 0.5) is 5.82 Å². The Hall–Kier alpha value is -1.84. The molecule has 3 rings (SSSR count). The predicted molar refractivity (Wildman–Crippen MR) is 69.4 cm³/mol. The van der Waals surface area contributed by atoms with Gasteiger partial charge in [-0.1, -0.05) is 6.07 Å². The monoisotopic (exact) mass is 244 g/mol. The predicted octanol–water partition coefficient (Wildman–Crippen LogP) is 2.17. The zero-order valence-electron chi connectivity index (χ0n) is 10.1. The Morgan fingerprint density at radius 1 is 1.44 bits per heavy atom. The van der Waals surface area contributed by atoms with E-state index in [1.807, 2.05) is 18.2 Å². The molecule has 2 fully saturated rings. The van der Waals surface area contributed by atoms with E-state index < -0.39 is 5.97 Å². The molecule has 4 heteroatoms. The molecule has 2 aliphatic rings. The van der Waals surface area contributed by atoms with Crippen molar-refractivity contribution in [3.05, 3.63) is 30.0 Å². The second kappa shape index (κ2) is 4.44. The third-order valence-corrected chi connectivity index (χ3v) is 3.86. The fourth-order valence-corrected chi connectivity index (χ4v) is 3.05. The van der Waals surface area contributed by atoms with E-state index in [1.54, 1.807) is 6.08 Å². The van der Waals surface area contributed by atoms with Crippen LogP contribution >= 0.6 is 0 Å². The Kier molecular flexibility index (Phi) is 2.78. The van der Waals surface area contributed by atoms with Crippen molar-refractivity contribution in [2.75, 3.05) is 11.4 Å². The highest BCUT2D eigenvalue weighted by Gasteiger charge is 2.38. The molecule has 2 bridgehead atoms. The molecule has 1 N–H and O–H groups in total. The highest BCUT2D eigenvalue weighted by atomic mass is 16.4. The molecule has 2 heterocycles. The van der Waals surface area contributed by atoms with Gasteiger partial charge in [0.05, 0.1) is 5.69 Å². The van der Waals surface area contributed by atoms with E-state index in [4.69, 9.17) is 5.11 Å². The molecule has 1 saturated carbocycles. The maximum absolute atomic E-state index is 10.5. The van der Waals surface area contributed by atoms with Crippen LogP contribution in [0, 0.1) is 5.92 Å². The van der Waals surface area contributed by atoms with Gasteiger partial charge >= 0.3 is 5.97 Å². The van der Waals surface area contributed by atoms with E-state index in [-0.39, 0.29) is 0 Å². The van der Waals surface area contributed by atoms with Crippen LogP contribution < -0.4 is 4.90 Å². The van der Waals surface area contributed by atoms with Crippen molar-refractivity contribution in [1.29, 1.82) is 0 Å². The molecular formula is C14H16N2O2. The number of carboxylic acid groups (broad SMARTS) is 1. The van der Waals surface area contributed by atoms with Crippen LogP contribution in [0.2, 0.25) is 0 Å². The van der Waals surface area contributed by atoms with Crippen LogP contribution in [0.5, 0.6) is 0 Å². The van der Waals surface area contributed by atoms with E-state index in [1.165, 1.54) is 19.3 Å². The van der Waals surface area contributed by atoms with E-state index >= 15 is 0 Å². The summed E-state index contributed by atoms with van der Waals surface area (Å²) in [6.07, 6.45) is 6.57. The van der Waals surface area contributed by atoms with Gasteiger partial charge in [-0.3, -0.25) is 0 Å². The number of anilines is 1. The number of piperidine rings is 1. The summed E-state index contributed by atoms with van der Waals surface area (Å²) in [6, 6.07) is 6.42. The fraction of sp³-hybridized carbons (Fsp3) is 0.429. The van der Waals surface area contributed by atoms with E-state index in [0.717, 1.165) is 24.4 Å². The van der Waals surface area contributed by atoms with Gasteiger partial charge in [-0.05, 0) is 43.4 Å². The van der Waals surface area contributed by atoms with Crippen molar-refractivity contribution in [2.24, 2.45) is 5.92 Å². The number of aromatic nitrogens is 1. The van der Waals surface area contributed by atoms with Crippen LogP contribution in [-0.2, 0) is 4.79 Å². The van der Waals surface area contributed by atoms with Gasteiger partial charge in [0.2, 0.25) is 0 Å². The molecule has 4 nitrogen and oxygen atoms in total. The van der Waals surface area contributed by atoms with Crippen molar-refractivity contribution >= 4 is 17.9 Å². The Labute approximate surface area is 106 Å². The third-order valence-electron chi connectivity index (χ3n) is 3.86. The first-order valence-electron chi connectivity index (χ1n) is 6.37. The summed E-state index contributed by atoms with van der Waals surface area (Å²) >= 11 is 0. The second-order valence-electron chi connectivity index (χ2n) is 5.08. The molecule has 2 atom stereocenters. The molecule has 18 heavy (non-hydrogen) atoms. The molecule has 0 spiro atoms. The number of pyridine rings is 1. The molecule has 0 aromatic carbocycles. The Morgan fingerprint density at radius 3 is 3.00 bits per heavy atom. The van der Waals surface area contributed by atoms with Crippen LogP contribution in [0.3, 0.4) is 0 Å².